The molecule has 0 saturated heterocycles. The molecule has 1 heterocycles. The van der Waals surface area contributed by atoms with E-state index in [1.807, 2.05) is 18.3 Å². The summed E-state index contributed by atoms with van der Waals surface area (Å²) in [6.07, 6.45) is 2.93. The van der Waals surface area contributed by atoms with Crippen molar-refractivity contribution in [3.05, 3.63) is 53.7 Å². The van der Waals surface area contributed by atoms with E-state index >= 15 is 0 Å². The number of benzene rings is 1. The summed E-state index contributed by atoms with van der Waals surface area (Å²) in [6.45, 7) is 4.61. The predicted octanol–water partition coefficient (Wildman–Crippen LogP) is 3.83. The summed E-state index contributed by atoms with van der Waals surface area (Å²) in [5.41, 5.74) is 4.06. The summed E-state index contributed by atoms with van der Waals surface area (Å²) in [6, 6.07) is 12.9. The highest BCUT2D eigenvalue weighted by Crippen LogP contribution is 2.46. The van der Waals surface area contributed by atoms with Crippen LogP contribution in [-0.2, 0) is 6.42 Å². The fraction of sp³-hybridized carbons (Fsp3) is 0.353. The molecule has 3 nitrogen and oxygen atoms in total. The first-order valence-electron chi connectivity index (χ1n) is 6.94. The van der Waals surface area contributed by atoms with Gasteiger partial charge in [-0.05, 0) is 29.0 Å². The zero-order chi connectivity index (χ0) is 14.2. The summed E-state index contributed by atoms with van der Waals surface area (Å²) in [4.78, 5) is 4.26. The Labute approximate surface area is 120 Å². The number of hydrogen-bond donors (Lipinski definition) is 1. The molecule has 2 aromatic rings. The van der Waals surface area contributed by atoms with Gasteiger partial charge >= 0.3 is 0 Å². The number of nitrogens with zero attached hydrogens (tertiary/aromatic N) is 1. The Morgan fingerprint density at radius 2 is 2.00 bits per heavy atom. The molecule has 1 aromatic carbocycles. The number of nitrogens with one attached hydrogen (secondary N) is 1. The Morgan fingerprint density at radius 3 is 2.70 bits per heavy atom. The first-order chi connectivity index (χ1) is 9.60. The van der Waals surface area contributed by atoms with Gasteiger partial charge in [-0.15, -0.1) is 0 Å². The summed E-state index contributed by atoms with van der Waals surface area (Å²) < 4.78 is 5.10. The lowest BCUT2D eigenvalue weighted by Gasteiger charge is -2.29. The van der Waals surface area contributed by atoms with E-state index in [0.717, 1.165) is 12.1 Å². The van der Waals surface area contributed by atoms with Crippen molar-refractivity contribution >= 4 is 5.69 Å². The third-order valence-electron chi connectivity index (χ3n) is 4.05. The Balaban J connectivity index is 1.88. The molecule has 1 aliphatic carbocycles. The van der Waals surface area contributed by atoms with E-state index in [-0.39, 0.29) is 5.41 Å². The van der Waals surface area contributed by atoms with E-state index in [0.29, 0.717) is 11.9 Å². The molecule has 0 aliphatic heterocycles. The number of anilines is 1. The lowest BCUT2D eigenvalue weighted by atomic mass is 9.85. The maximum absolute atomic E-state index is 5.10. The largest absolute Gasteiger partial charge is 0.481 e. The summed E-state index contributed by atoms with van der Waals surface area (Å²) in [5.74, 6) is 0.640. The topological polar surface area (TPSA) is 34.1 Å². The number of rotatable bonds is 3. The molecular weight excluding hydrogens is 248 g/mol. The molecule has 3 rings (SSSR count). The average Bonchev–Trinajstić information content (AvgIpc) is 2.70. The van der Waals surface area contributed by atoms with Crippen molar-refractivity contribution in [2.75, 3.05) is 12.4 Å². The van der Waals surface area contributed by atoms with Crippen LogP contribution in [0, 0.1) is 5.41 Å². The van der Waals surface area contributed by atoms with Gasteiger partial charge in [0.1, 0.15) is 0 Å². The smallest absolute Gasteiger partial charge is 0.213 e. The minimum absolute atomic E-state index is 0.198. The van der Waals surface area contributed by atoms with E-state index < -0.39 is 0 Å². The van der Waals surface area contributed by atoms with Crippen LogP contribution in [0.2, 0.25) is 0 Å². The predicted molar refractivity (Wildman–Crippen MR) is 81.1 cm³/mol. The van der Waals surface area contributed by atoms with Gasteiger partial charge in [-0.1, -0.05) is 38.1 Å². The van der Waals surface area contributed by atoms with E-state index in [2.05, 4.69) is 48.4 Å². The number of hydrogen-bond acceptors (Lipinski definition) is 3. The minimum atomic E-state index is 0.198. The molecule has 20 heavy (non-hydrogen) atoms. The van der Waals surface area contributed by atoms with E-state index in [1.165, 1.54) is 11.1 Å². The van der Waals surface area contributed by atoms with Gasteiger partial charge in [0, 0.05) is 6.07 Å². The molecule has 0 spiro atoms. The normalized spacial score (nSPS) is 19.4. The van der Waals surface area contributed by atoms with Gasteiger partial charge in [0.05, 0.1) is 25.0 Å². The van der Waals surface area contributed by atoms with Crippen LogP contribution < -0.4 is 10.1 Å². The van der Waals surface area contributed by atoms with Gasteiger partial charge in [0.25, 0.3) is 0 Å². The molecule has 104 valence electrons. The molecule has 1 atom stereocenters. The van der Waals surface area contributed by atoms with Gasteiger partial charge in [0.2, 0.25) is 5.88 Å². The molecular formula is C17H20N2O. The van der Waals surface area contributed by atoms with Crippen LogP contribution in [0.25, 0.3) is 0 Å². The minimum Gasteiger partial charge on any atom is -0.481 e. The van der Waals surface area contributed by atoms with Crippen molar-refractivity contribution in [2.45, 2.75) is 26.3 Å². The third-order valence-corrected chi connectivity index (χ3v) is 4.05. The Hall–Kier alpha value is -2.03. The quantitative estimate of drug-likeness (QED) is 0.918. The molecule has 1 aromatic heterocycles. The van der Waals surface area contributed by atoms with Crippen molar-refractivity contribution in [3.8, 4) is 5.88 Å². The van der Waals surface area contributed by atoms with Gasteiger partial charge in [-0.3, -0.25) is 0 Å². The fourth-order valence-corrected chi connectivity index (χ4v) is 3.02. The van der Waals surface area contributed by atoms with Gasteiger partial charge in [-0.25, -0.2) is 4.98 Å². The number of methoxy groups -OCH3 is 1. The van der Waals surface area contributed by atoms with Crippen molar-refractivity contribution in [3.63, 3.8) is 0 Å². The molecule has 1 aliphatic rings. The highest BCUT2D eigenvalue weighted by atomic mass is 16.5. The zero-order valence-corrected chi connectivity index (χ0v) is 12.2. The Bertz CT molecular complexity index is 605. The van der Waals surface area contributed by atoms with Gasteiger partial charge in [0.15, 0.2) is 0 Å². The highest BCUT2D eigenvalue weighted by Gasteiger charge is 2.38. The van der Waals surface area contributed by atoms with Crippen molar-refractivity contribution < 1.29 is 4.74 Å². The third kappa shape index (κ3) is 2.24. The number of aromatic nitrogens is 1. The summed E-state index contributed by atoms with van der Waals surface area (Å²) in [5, 5.41) is 3.62. The number of pyridine rings is 1. The molecule has 0 amide bonds. The molecule has 1 unspecified atom stereocenters. The maximum atomic E-state index is 5.10. The van der Waals surface area contributed by atoms with Gasteiger partial charge in [-0.2, -0.15) is 0 Å². The number of ether oxygens (including phenoxy) is 1. The second-order valence-electron chi connectivity index (χ2n) is 6.03. The lowest BCUT2D eigenvalue weighted by Crippen LogP contribution is -2.24. The van der Waals surface area contributed by atoms with Crippen molar-refractivity contribution in [1.82, 2.24) is 4.98 Å². The molecule has 0 saturated carbocycles. The monoisotopic (exact) mass is 268 g/mol. The van der Waals surface area contributed by atoms with Crippen LogP contribution >= 0.6 is 0 Å². The highest BCUT2D eigenvalue weighted by molar-refractivity contribution is 5.49. The zero-order valence-electron chi connectivity index (χ0n) is 12.2. The Morgan fingerprint density at radius 1 is 1.20 bits per heavy atom. The van der Waals surface area contributed by atoms with Crippen LogP contribution in [-0.4, -0.2) is 12.1 Å². The molecule has 0 fully saturated rings. The summed E-state index contributed by atoms with van der Waals surface area (Å²) in [7, 11) is 1.63. The molecule has 0 bridgehead atoms. The first kappa shape index (κ1) is 13.0. The molecule has 3 heteroatoms. The summed E-state index contributed by atoms with van der Waals surface area (Å²) >= 11 is 0. The first-order valence-corrected chi connectivity index (χ1v) is 6.94. The Kier molecular flexibility index (Phi) is 3.13. The van der Waals surface area contributed by atoms with E-state index in [4.69, 9.17) is 4.74 Å². The van der Waals surface area contributed by atoms with Gasteiger partial charge < -0.3 is 10.1 Å². The van der Waals surface area contributed by atoms with Crippen molar-refractivity contribution in [1.29, 1.82) is 0 Å². The van der Waals surface area contributed by atoms with Crippen LogP contribution in [0.4, 0.5) is 5.69 Å². The fourth-order valence-electron chi connectivity index (χ4n) is 3.02. The van der Waals surface area contributed by atoms with Crippen LogP contribution in [0.15, 0.2) is 42.6 Å². The molecule has 0 radical (unpaired) electrons. The van der Waals surface area contributed by atoms with Crippen LogP contribution in [0.3, 0.4) is 0 Å². The number of fused-ring (bicyclic) bond motifs is 1. The van der Waals surface area contributed by atoms with Crippen molar-refractivity contribution in [2.24, 2.45) is 5.41 Å². The SMILES string of the molecule is COc1ccc(NC2c3ccccc3CC2(C)C)cn1. The maximum Gasteiger partial charge on any atom is 0.213 e. The second kappa shape index (κ2) is 4.82. The lowest BCUT2D eigenvalue weighted by molar-refractivity contribution is 0.337. The second-order valence-corrected chi connectivity index (χ2v) is 6.03. The molecule has 1 N–H and O–H groups in total. The average molecular weight is 268 g/mol. The van der Waals surface area contributed by atoms with E-state index in [9.17, 15) is 0 Å². The standard InChI is InChI=1S/C17H20N2O/c1-17(2)10-12-6-4-5-7-14(12)16(17)19-13-8-9-15(20-3)18-11-13/h4-9,11,16,19H,10H2,1-3H3. The van der Waals surface area contributed by atoms with Crippen LogP contribution in [0.1, 0.15) is 31.0 Å². The van der Waals surface area contributed by atoms with E-state index in [1.54, 1.807) is 7.11 Å². The van der Waals surface area contributed by atoms with Crippen LogP contribution in [0.5, 0.6) is 5.88 Å².